The molecule has 0 saturated carbocycles. The number of thiazole rings is 1. The minimum atomic E-state index is -0.186. The number of para-hydroxylation sites is 1. The summed E-state index contributed by atoms with van der Waals surface area (Å²) < 4.78 is 5.65. The summed E-state index contributed by atoms with van der Waals surface area (Å²) in [5.74, 6) is 0.618. The molecular formula is C16H21N3O2S. The lowest BCUT2D eigenvalue weighted by atomic mass is 10.0. The molecule has 1 atom stereocenters. The van der Waals surface area contributed by atoms with Crippen LogP contribution in [0.3, 0.4) is 0 Å². The molecule has 118 valence electrons. The summed E-state index contributed by atoms with van der Waals surface area (Å²) in [6.07, 6.45) is 0.768. The van der Waals surface area contributed by atoms with Crippen molar-refractivity contribution in [2.45, 2.75) is 32.9 Å². The fourth-order valence-electron chi connectivity index (χ4n) is 2.20. The Morgan fingerprint density at radius 2 is 2.18 bits per heavy atom. The van der Waals surface area contributed by atoms with Gasteiger partial charge in [0, 0.05) is 17.5 Å². The number of nitrogens with one attached hydrogen (secondary N) is 1. The van der Waals surface area contributed by atoms with Gasteiger partial charge in [-0.3, -0.25) is 4.79 Å². The number of nitrogens with two attached hydrogens (primary N) is 1. The van der Waals surface area contributed by atoms with Gasteiger partial charge in [-0.2, -0.15) is 0 Å². The zero-order valence-electron chi connectivity index (χ0n) is 12.8. The lowest BCUT2D eigenvalue weighted by molar-refractivity contribution is 0.0930. The van der Waals surface area contributed by atoms with Gasteiger partial charge in [0.05, 0.1) is 12.6 Å². The Hall–Kier alpha value is -1.92. The van der Waals surface area contributed by atoms with E-state index >= 15 is 0 Å². The van der Waals surface area contributed by atoms with Gasteiger partial charge in [-0.05, 0) is 19.4 Å². The Morgan fingerprint density at radius 3 is 2.82 bits per heavy atom. The first kappa shape index (κ1) is 16.5. The molecule has 1 aromatic heterocycles. The summed E-state index contributed by atoms with van der Waals surface area (Å²) in [4.78, 5) is 16.6. The van der Waals surface area contributed by atoms with Crippen LogP contribution >= 0.6 is 11.3 Å². The van der Waals surface area contributed by atoms with Crippen LogP contribution in [0, 0.1) is 0 Å². The average Bonchev–Trinajstić information content (AvgIpc) is 3.03. The molecule has 5 nitrogen and oxygen atoms in total. The maximum Gasteiger partial charge on any atom is 0.271 e. The summed E-state index contributed by atoms with van der Waals surface area (Å²) in [7, 11) is 0. The van der Waals surface area contributed by atoms with E-state index in [0.29, 0.717) is 18.8 Å². The third kappa shape index (κ3) is 3.84. The minimum absolute atomic E-state index is 0.113. The van der Waals surface area contributed by atoms with E-state index in [4.69, 9.17) is 10.5 Å². The van der Waals surface area contributed by atoms with Gasteiger partial charge in [-0.15, -0.1) is 11.3 Å². The molecular weight excluding hydrogens is 298 g/mol. The smallest absolute Gasteiger partial charge is 0.271 e. The number of hydrogen-bond acceptors (Lipinski definition) is 5. The maximum absolute atomic E-state index is 12.3. The van der Waals surface area contributed by atoms with Gasteiger partial charge in [0.1, 0.15) is 16.5 Å². The topological polar surface area (TPSA) is 77.2 Å². The zero-order valence-corrected chi connectivity index (χ0v) is 13.7. The third-order valence-corrected chi connectivity index (χ3v) is 4.14. The second kappa shape index (κ2) is 7.91. The molecule has 22 heavy (non-hydrogen) atoms. The number of carbonyl (C=O) groups is 1. The summed E-state index contributed by atoms with van der Waals surface area (Å²) >= 11 is 1.40. The Labute approximate surface area is 134 Å². The molecule has 2 rings (SSSR count). The largest absolute Gasteiger partial charge is 0.494 e. The number of benzene rings is 1. The molecule has 0 fully saturated rings. The molecule has 0 spiro atoms. The van der Waals surface area contributed by atoms with Crippen LogP contribution in [-0.4, -0.2) is 17.5 Å². The van der Waals surface area contributed by atoms with Gasteiger partial charge in [-0.1, -0.05) is 25.1 Å². The zero-order chi connectivity index (χ0) is 15.9. The van der Waals surface area contributed by atoms with E-state index in [0.717, 1.165) is 22.7 Å². The van der Waals surface area contributed by atoms with Crippen LogP contribution in [0.1, 0.15) is 47.4 Å². The SMILES string of the molecule is CCOc1ccccc1C(CC)NC(=O)c1csc(CN)n1. The molecule has 0 aliphatic rings. The van der Waals surface area contributed by atoms with E-state index in [9.17, 15) is 4.79 Å². The first-order valence-corrected chi connectivity index (χ1v) is 8.24. The highest BCUT2D eigenvalue weighted by molar-refractivity contribution is 7.09. The molecule has 0 saturated heterocycles. The van der Waals surface area contributed by atoms with Crippen LogP contribution in [0.15, 0.2) is 29.6 Å². The fourth-order valence-corrected chi connectivity index (χ4v) is 2.85. The van der Waals surface area contributed by atoms with Crippen LogP contribution in [0.2, 0.25) is 0 Å². The van der Waals surface area contributed by atoms with Crippen molar-refractivity contribution in [2.24, 2.45) is 5.73 Å². The molecule has 1 unspecified atom stereocenters. The molecule has 1 aromatic carbocycles. The summed E-state index contributed by atoms with van der Waals surface area (Å²) in [5, 5.41) is 5.51. The van der Waals surface area contributed by atoms with E-state index in [1.165, 1.54) is 11.3 Å². The van der Waals surface area contributed by atoms with E-state index in [-0.39, 0.29) is 11.9 Å². The van der Waals surface area contributed by atoms with Crippen LogP contribution in [-0.2, 0) is 6.54 Å². The number of nitrogens with zero attached hydrogens (tertiary/aromatic N) is 1. The average molecular weight is 319 g/mol. The highest BCUT2D eigenvalue weighted by Gasteiger charge is 2.19. The number of rotatable bonds is 7. The third-order valence-electron chi connectivity index (χ3n) is 3.27. The van der Waals surface area contributed by atoms with Gasteiger partial charge in [0.25, 0.3) is 5.91 Å². The van der Waals surface area contributed by atoms with Gasteiger partial charge in [-0.25, -0.2) is 4.98 Å². The van der Waals surface area contributed by atoms with Crippen molar-refractivity contribution in [3.8, 4) is 5.75 Å². The standard InChI is InChI=1S/C16H21N3O2S/c1-3-12(11-7-5-6-8-14(11)21-4-2)19-16(20)13-10-22-15(9-17)18-13/h5-8,10,12H,3-4,9,17H2,1-2H3,(H,19,20). The van der Waals surface area contributed by atoms with E-state index in [1.807, 2.05) is 38.1 Å². The Morgan fingerprint density at radius 1 is 1.41 bits per heavy atom. The number of aromatic nitrogens is 1. The quantitative estimate of drug-likeness (QED) is 0.822. The highest BCUT2D eigenvalue weighted by Crippen LogP contribution is 2.27. The van der Waals surface area contributed by atoms with Crippen molar-refractivity contribution in [1.29, 1.82) is 0 Å². The molecule has 0 aliphatic carbocycles. The van der Waals surface area contributed by atoms with Crippen molar-refractivity contribution in [2.75, 3.05) is 6.61 Å². The van der Waals surface area contributed by atoms with Gasteiger partial charge < -0.3 is 15.8 Å². The Balaban J connectivity index is 2.16. The molecule has 1 amide bonds. The van der Waals surface area contributed by atoms with Crippen LogP contribution in [0.5, 0.6) is 5.75 Å². The second-order valence-corrected chi connectivity index (χ2v) is 5.68. The maximum atomic E-state index is 12.3. The van der Waals surface area contributed by atoms with Crippen molar-refractivity contribution in [1.82, 2.24) is 10.3 Å². The van der Waals surface area contributed by atoms with E-state index in [2.05, 4.69) is 10.3 Å². The number of ether oxygens (including phenoxy) is 1. The van der Waals surface area contributed by atoms with Crippen molar-refractivity contribution in [3.63, 3.8) is 0 Å². The lowest BCUT2D eigenvalue weighted by Gasteiger charge is -2.20. The summed E-state index contributed by atoms with van der Waals surface area (Å²) in [6.45, 7) is 4.91. The lowest BCUT2D eigenvalue weighted by Crippen LogP contribution is -2.28. The normalized spacial score (nSPS) is 12.0. The predicted octanol–water partition coefficient (Wildman–Crippen LogP) is 2.88. The second-order valence-electron chi connectivity index (χ2n) is 4.74. The van der Waals surface area contributed by atoms with Crippen LogP contribution in [0.4, 0.5) is 0 Å². The molecule has 0 radical (unpaired) electrons. The molecule has 0 bridgehead atoms. The number of carbonyl (C=O) groups excluding carboxylic acids is 1. The number of amides is 1. The molecule has 3 N–H and O–H groups in total. The monoisotopic (exact) mass is 319 g/mol. The highest BCUT2D eigenvalue weighted by atomic mass is 32.1. The minimum Gasteiger partial charge on any atom is -0.494 e. The Kier molecular flexibility index (Phi) is 5.91. The molecule has 1 heterocycles. The van der Waals surface area contributed by atoms with Crippen molar-refractivity contribution >= 4 is 17.2 Å². The summed E-state index contributed by atoms with van der Waals surface area (Å²) in [6, 6.07) is 7.66. The van der Waals surface area contributed by atoms with Gasteiger partial charge in [0.2, 0.25) is 0 Å². The first-order valence-electron chi connectivity index (χ1n) is 7.36. The number of hydrogen-bond donors (Lipinski definition) is 2. The van der Waals surface area contributed by atoms with Crippen molar-refractivity contribution < 1.29 is 9.53 Å². The van der Waals surface area contributed by atoms with Crippen LogP contribution < -0.4 is 15.8 Å². The molecule has 2 aromatic rings. The predicted molar refractivity (Wildman–Crippen MR) is 88.1 cm³/mol. The van der Waals surface area contributed by atoms with Crippen LogP contribution in [0.25, 0.3) is 0 Å². The fraction of sp³-hybridized carbons (Fsp3) is 0.375. The van der Waals surface area contributed by atoms with Gasteiger partial charge in [0.15, 0.2) is 0 Å². The van der Waals surface area contributed by atoms with Crippen molar-refractivity contribution in [3.05, 3.63) is 45.9 Å². The first-order chi connectivity index (χ1) is 10.7. The van der Waals surface area contributed by atoms with Gasteiger partial charge >= 0.3 is 0 Å². The van der Waals surface area contributed by atoms with E-state index in [1.54, 1.807) is 5.38 Å². The molecule has 6 heteroatoms. The van der Waals surface area contributed by atoms with E-state index < -0.39 is 0 Å². The summed E-state index contributed by atoms with van der Waals surface area (Å²) in [5.41, 5.74) is 6.93. The molecule has 0 aliphatic heterocycles. The Bertz CT molecular complexity index is 627.